The second-order valence-electron chi connectivity index (χ2n) is 4.93. The van der Waals surface area contributed by atoms with E-state index in [9.17, 15) is 0 Å². The maximum atomic E-state index is 5.69. The van der Waals surface area contributed by atoms with Crippen molar-refractivity contribution in [2.24, 2.45) is 5.84 Å². The van der Waals surface area contributed by atoms with E-state index in [1.54, 1.807) is 0 Å². The number of nitrogens with one attached hydrogen (secondary N) is 1. The van der Waals surface area contributed by atoms with Crippen LogP contribution in [-0.2, 0) is 4.74 Å². The minimum absolute atomic E-state index is 0.227. The Morgan fingerprint density at radius 1 is 1.42 bits per heavy atom. The third-order valence-electron chi connectivity index (χ3n) is 3.60. The number of ether oxygens (including phenoxy) is 1. The average Bonchev–Trinajstić information content (AvgIpc) is 2.95. The van der Waals surface area contributed by atoms with Crippen molar-refractivity contribution in [1.29, 1.82) is 0 Å². The molecule has 0 aliphatic carbocycles. The highest BCUT2D eigenvalue weighted by Gasteiger charge is 2.18. The molecule has 0 amide bonds. The van der Waals surface area contributed by atoms with Crippen molar-refractivity contribution in [3.05, 3.63) is 29.8 Å². The van der Waals surface area contributed by atoms with Crippen LogP contribution in [0.3, 0.4) is 0 Å². The van der Waals surface area contributed by atoms with Gasteiger partial charge in [-0.1, -0.05) is 19.1 Å². The van der Waals surface area contributed by atoms with Gasteiger partial charge in [0.2, 0.25) is 0 Å². The summed E-state index contributed by atoms with van der Waals surface area (Å²) < 4.78 is 5.66. The lowest BCUT2D eigenvalue weighted by atomic mass is 10.00. The monoisotopic (exact) mass is 280 g/mol. The fourth-order valence-corrected chi connectivity index (χ4v) is 3.20. The normalized spacial score (nSPS) is 20.6. The Morgan fingerprint density at radius 3 is 2.79 bits per heavy atom. The van der Waals surface area contributed by atoms with Crippen molar-refractivity contribution in [3.63, 3.8) is 0 Å². The molecule has 3 nitrogen and oxygen atoms in total. The van der Waals surface area contributed by atoms with Crippen molar-refractivity contribution in [2.75, 3.05) is 12.4 Å². The van der Waals surface area contributed by atoms with Crippen LogP contribution in [0.15, 0.2) is 29.2 Å². The molecular weight excluding hydrogens is 256 g/mol. The highest BCUT2D eigenvalue weighted by atomic mass is 32.2. The van der Waals surface area contributed by atoms with E-state index in [0.29, 0.717) is 6.10 Å². The van der Waals surface area contributed by atoms with E-state index in [1.807, 2.05) is 11.8 Å². The zero-order valence-corrected chi connectivity index (χ0v) is 12.4. The minimum Gasteiger partial charge on any atom is -0.378 e. The van der Waals surface area contributed by atoms with E-state index < -0.39 is 0 Å². The lowest BCUT2D eigenvalue weighted by Gasteiger charge is -2.18. The van der Waals surface area contributed by atoms with Crippen LogP contribution in [0, 0.1) is 0 Å². The molecule has 1 aromatic rings. The molecule has 2 atom stereocenters. The van der Waals surface area contributed by atoms with Crippen molar-refractivity contribution in [2.45, 2.75) is 49.6 Å². The van der Waals surface area contributed by atoms with E-state index in [2.05, 4.69) is 36.6 Å². The van der Waals surface area contributed by atoms with Gasteiger partial charge in [-0.05, 0) is 49.1 Å². The van der Waals surface area contributed by atoms with Crippen LogP contribution in [0.25, 0.3) is 0 Å². The van der Waals surface area contributed by atoms with Gasteiger partial charge in [-0.3, -0.25) is 11.3 Å². The van der Waals surface area contributed by atoms with Crippen LogP contribution in [0.5, 0.6) is 0 Å². The second-order valence-corrected chi connectivity index (χ2v) is 6.27. The largest absolute Gasteiger partial charge is 0.378 e. The molecule has 2 rings (SSSR count). The fraction of sp³-hybridized carbons (Fsp3) is 0.600. The molecule has 2 unspecified atom stereocenters. The van der Waals surface area contributed by atoms with E-state index >= 15 is 0 Å². The van der Waals surface area contributed by atoms with Crippen LogP contribution in [-0.4, -0.2) is 18.5 Å². The fourth-order valence-electron chi connectivity index (χ4n) is 2.53. The maximum Gasteiger partial charge on any atom is 0.0576 e. The standard InChI is InChI=1S/C15H24N2OS/c1-2-19-14-8-5-12(6-9-14)15(17-16)10-7-13-4-3-11-18-13/h5-6,8-9,13,15,17H,2-4,7,10-11,16H2,1H3. The first kappa shape index (κ1) is 14.9. The van der Waals surface area contributed by atoms with Crippen molar-refractivity contribution < 1.29 is 4.74 Å². The van der Waals surface area contributed by atoms with Gasteiger partial charge in [0.05, 0.1) is 6.10 Å². The smallest absolute Gasteiger partial charge is 0.0576 e. The first-order valence-electron chi connectivity index (χ1n) is 7.14. The topological polar surface area (TPSA) is 47.3 Å². The van der Waals surface area contributed by atoms with Crippen LogP contribution in [0.1, 0.15) is 44.2 Å². The van der Waals surface area contributed by atoms with Crippen molar-refractivity contribution >= 4 is 11.8 Å². The average molecular weight is 280 g/mol. The zero-order chi connectivity index (χ0) is 13.5. The number of hydrogen-bond donors (Lipinski definition) is 2. The summed E-state index contributed by atoms with van der Waals surface area (Å²) >= 11 is 1.87. The summed E-state index contributed by atoms with van der Waals surface area (Å²) in [4.78, 5) is 1.32. The molecule has 1 heterocycles. The van der Waals surface area contributed by atoms with Gasteiger partial charge in [-0.15, -0.1) is 11.8 Å². The molecule has 4 heteroatoms. The number of thioether (sulfide) groups is 1. The van der Waals surface area contributed by atoms with E-state index in [0.717, 1.165) is 25.2 Å². The third kappa shape index (κ3) is 4.49. The van der Waals surface area contributed by atoms with E-state index in [-0.39, 0.29) is 6.04 Å². The quantitative estimate of drug-likeness (QED) is 0.457. The molecule has 1 fully saturated rings. The number of rotatable bonds is 7. The Balaban J connectivity index is 1.88. The first-order valence-corrected chi connectivity index (χ1v) is 8.12. The summed E-state index contributed by atoms with van der Waals surface area (Å²) in [6, 6.07) is 8.94. The summed E-state index contributed by atoms with van der Waals surface area (Å²) in [6.07, 6.45) is 4.95. The highest BCUT2D eigenvalue weighted by molar-refractivity contribution is 7.99. The van der Waals surface area contributed by atoms with Gasteiger partial charge in [0.15, 0.2) is 0 Å². The maximum absolute atomic E-state index is 5.69. The van der Waals surface area contributed by atoms with Crippen molar-refractivity contribution in [3.8, 4) is 0 Å². The zero-order valence-electron chi connectivity index (χ0n) is 11.6. The number of hydrogen-bond acceptors (Lipinski definition) is 4. The van der Waals surface area contributed by atoms with Gasteiger partial charge in [-0.25, -0.2) is 0 Å². The number of hydrazine groups is 1. The molecule has 0 spiro atoms. The molecule has 1 aliphatic rings. The van der Waals surface area contributed by atoms with Gasteiger partial charge < -0.3 is 4.74 Å². The Hall–Kier alpha value is -0.550. The predicted molar refractivity (Wildman–Crippen MR) is 81.1 cm³/mol. The summed E-state index contributed by atoms with van der Waals surface area (Å²) in [7, 11) is 0. The van der Waals surface area contributed by atoms with E-state index in [1.165, 1.54) is 23.3 Å². The molecule has 0 aromatic heterocycles. The highest BCUT2D eigenvalue weighted by Crippen LogP contribution is 2.25. The van der Waals surface area contributed by atoms with Crippen LogP contribution >= 0.6 is 11.8 Å². The lowest BCUT2D eigenvalue weighted by molar-refractivity contribution is 0.0996. The van der Waals surface area contributed by atoms with Gasteiger partial charge in [0, 0.05) is 17.5 Å². The van der Waals surface area contributed by atoms with Gasteiger partial charge in [0.25, 0.3) is 0 Å². The summed E-state index contributed by atoms with van der Waals surface area (Å²) in [5, 5.41) is 0. The summed E-state index contributed by atoms with van der Waals surface area (Å²) in [5.74, 6) is 6.80. The molecule has 106 valence electrons. The molecule has 1 saturated heterocycles. The number of benzene rings is 1. The lowest BCUT2D eigenvalue weighted by Crippen LogP contribution is -2.28. The molecule has 19 heavy (non-hydrogen) atoms. The first-order chi connectivity index (χ1) is 9.33. The van der Waals surface area contributed by atoms with Crippen molar-refractivity contribution in [1.82, 2.24) is 5.43 Å². The van der Waals surface area contributed by atoms with Gasteiger partial charge >= 0.3 is 0 Å². The molecular formula is C15H24N2OS. The summed E-state index contributed by atoms with van der Waals surface area (Å²) in [6.45, 7) is 3.10. The molecule has 3 N–H and O–H groups in total. The summed E-state index contributed by atoms with van der Waals surface area (Å²) in [5.41, 5.74) is 4.20. The molecule has 1 aromatic carbocycles. The Morgan fingerprint density at radius 2 is 2.21 bits per heavy atom. The van der Waals surface area contributed by atoms with Gasteiger partial charge in [-0.2, -0.15) is 0 Å². The molecule has 0 bridgehead atoms. The molecule has 1 aliphatic heterocycles. The third-order valence-corrected chi connectivity index (χ3v) is 4.49. The van der Waals surface area contributed by atoms with Crippen LogP contribution < -0.4 is 11.3 Å². The molecule has 0 radical (unpaired) electrons. The van der Waals surface area contributed by atoms with E-state index in [4.69, 9.17) is 10.6 Å². The minimum atomic E-state index is 0.227. The molecule has 0 saturated carbocycles. The predicted octanol–water partition coefficient (Wildman–Crippen LogP) is 3.26. The van der Waals surface area contributed by atoms with Crippen LogP contribution in [0.4, 0.5) is 0 Å². The Bertz CT molecular complexity index is 363. The van der Waals surface area contributed by atoms with Gasteiger partial charge in [0.1, 0.15) is 0 Å². The SMILES string of the molecule is CCSc1ccc(C(CCC2CCCO2)NN)cc1. The number of nitrogens with two attached hydrogens (primary N) is 1. The Kier molecular flexibility index (Phi) is 6.17. The van der Waals surface area contributed by atoms with Crippen LogP contribution in [0.2, 0.25) is 0 Å². The Labute approximate surface area is 120 Å². The second kappa shape index (κ2) is 7.90.